The summed E-state index contributed by atoms with van der Waals surface area (Å²) >= 11 is 1.63. The van der Waals surface area contributed by atoms with Gasteiger partial charge in [0.2, 0.25) is 5.91 Å². The second-order valence-corrected chi connectivity index (χ2v) is 9.61. The number of amides is 1. The lowest BCUT2D eigenvalue weighted by atomic mass is 10.2. The molecule has 30 heavy (non-hydrogen) atoms. The van der Waals surface area contributed by atoms with E-state index in [1.807, 2.05) is 19.1 Å². The SMILES string of the molecule is Cc1ccc(S(=O)(=O)N(CC(=O)NCCSCc2ccco2)c2ccccc2)cc1. The van der Waals surface area contributed by atoms with E-state index < -0.39 is 10.0 Å². The smallest absolute Gasteiger partial charge is 0.264 e. The van der Waals surface area contributed by atoms with Gasteiger partial charge in [-0.3, -0.25) is 9.10 Å². The number of carbonyl (C=O) groups is 1. The molecule has 0 bridgehead atoms. The summed E-state index contributed by atoms with van der Waals surface area (Å²) in [5.41, 5.74) is 1.41. The van der Waals surface area contributed by atoms with Crippen LogP contribution in [-0.2, 0) is 20.6 Å². The molecule has 0 saturated heterocycles. The molecule has 2 aromatic carbocycles. The van der Waals surface area contributed by atoms with Crippen LogP contribution in [0.1, 0.15) is 11.3 Å². The van der Waals surface area contributed by atoms with Crippen molar-refractivity contribution in [1.82, 2.24) is 5.32 Å². The van der Waals surface area contributed by atoms with E-state index in [2.05, 4.69) is 5.32 Å². The Hall–Kier alpha value is -2.71. The molecule has 0 radical (unpaired) electrons. The van der Waals surface area contributed by atoms with Gasteiger partial charge in [0.05, 0.1) is 22.6 Å². The number of rotatable bonds is 10. The number of hydrogen-bond donors (Lipinski definition) is 1. The summed E-state index contributed by atoms with van der Waals surface area (Å²) in [4.78, 5) is 12.7. The van der Waals surface area contributed by atoms with Crippen LogP contribution in [-0.4, -0.2) is 33.2 Å². The lowest BCUT2D eigenvalue weighted by molar-refractivity contribution is -0.119. The highest BCUT2D eigenvalue weighted by Gasteiger charge is 2.26. The maximum absolute atomic E-state index is 13.2. The first-order valence-corrected chi connectivity index (χ1v) is 12.1. The van der Waals surface area contributed by atoms with Gasteiger partial charge in [-0.05, 0) is 43.3 Å². The highest BCUT2D eigenvalue weighted by Crippen LogP contribution is 2.23. The average Bonchev–Trinajstić information content (AvgIpc) is 3.26. The largest absolute Gasteiger partial charge is 0.468 e. The van der Waals surface area contributed by atoms with Crippen molar-refractivity contribution in [2.45, 2.75) is 17.6 Å². The Morgan fingerprint density at radius 2 is 1.77 bits per heavy atom. The Balaban J connectivity index is 1.64. The van der Waals surface area contributed by atoms with Gasteiger partial charge < -0.3 is 9.73 Å². The van der Waals surface area contributed by atoms with Crippen molar-refractivity contribution in [3.63, 3.8) is 0 Å². The van der Waals surface area contributed by atoms with Crippen LogP contribution < -0.4 is 9.62 Å². The molecule has 0 saturated carbocycles. The van der Waals surface area contributed by atoms with Crippen LogP contribution in [0.3, 0.4) is 0 Å². The summed E-state index contributed by atoms with van der Waals surface area (Å²) in [5, 5.41) is 2.80. The van der Waals surface area contributed by atoms with Crippen molar-refractivity contribution in [2.24, 2.45) is 0 Å². The second kappa shape index (κ2) is 10.4. The normalized spacial score (nSPS) is 11.2. The summed E-state index contributed by atoms with van der Waals surface area (Å²) in [6, 6.07) is 19.0. The highest BCUT2D eigenvalue weighted by molar-refractivity contribution is 7.98. The van der Waals surface area contributed by atoms with Gasteiger partial charge in [-0.15, -0.1) is 0 Å². The van der Waals surface area contributed by atoms with Gasteiger partial charge >= 0.3 is 0 Å². The van der Waals surface area contributed by atoms with Crippen LogP contribution in [0.5, 0.6) is 0 Å². The molecule has 0 fully saturated rings. The number of hydrogen-bond acceptors (Lipinski definition) is 5. The van der Waals surface area contributed by atoms with Gasteiger partial charge in [-0.25, -0.2) is 8.42 Å². The topological polar surface area (TPSA) is 79.6 Å². The minimum atomic E-state index is -3.88. The standard InChI is InChI=1S/C22H24N2O4S2/c1-18-9-11-21(12-10-18)30(26,27)24(19-6-3-2-4-7-19)16-22(25)23-13-15-29-17-20-8-5-14-28-20/h2-12,14H,13,15-17H2,1H3,(H,23,25). The average molecular weight is 445 g/mol. The van der Waals surface area contributed by atoms with E-state index in [9.17, 15) is 13.2 Å². The Morgan fingerprint density at radius 3 is 2.43 bits per heavy atom. The van der Waals surface area contributed by atoms with Gasteiger partial charge in [0, 0.05) is 12.3 Å². The van der Waals surface area contributed by atoms with Crippen molar-refractivity contribution in [3.8, 4) is 0 Å². The van der Waals surface area contributed by atoms with Crippen molar-refractivity contribution >= 4 is 33.4 Å². The molecule has 1 aromatic heterocycles. The summed E-state index contributed by atoms with van der Waals surface area (Å²) in [6.45, 7) is 2.04. The third-order valence-electron chi connectivity index (χ3n) is 4.33. The lowest BCUT2D eigenvalue weighted by Crippen LogP contribution is -2.41. The quantitative estimate of drug-likeness (QED) is 0.481. The van der Waals surface area contributed by atoms with Crippen LogP contribution in [0.25, 0.3) is 0 Å². The Morgan fingerprint density at radius 1 is 1.03 bits per heavy atom. The van der Waals surface area contributed by atoms with E-state index in [4.69, 9.17) is 4.42 Å². The summed E-state index contributed by atoms with van der Waals surface area (Å²) in [5.74, 6) is 1.95. The van der Waals surface area contributed by atoms with Gasteiger partial charge in [0.15, 0.2) is 0 Å². The number of carbonyl (C=O) groups excluding carboxylic acids is 1. The first-order valence-electron chi connectivity index (χ1n) is 9.48. The minimum absolute atomic E-state index is 0.152. The van der Waals surface area contributed by atoms with E-state index in [-0.39, 0.29) is 17.3 Å². The van der Waals surface area contributed by atoms with Crippen LogP contribution in [0.4, 0.5) is 5.69 Å². The molecule has 0 unspecified atom stereocenters. The fourth-order valence-electron chi connectivity index (χ4n) is 2.76. The van der Waals surface area contributed by atoms with Crippen LogP contribution in [0, 0.1) is 6.92 Å². The predicted octanol–water partition coefficient (Wildman–Crippen LogP) is 3.83. The van der Waals surface area contributed by atoms with Gasteiger partial charge in [0.25, 0.3) is 10.0 Å². The molecule has 3 rings (SSSR count). The van der Waals surface area contributed by atoms with Crippen molar-refractivity contribution < 1.29 is 17.6 Å². The Bertz CT molecular complexity index is 1030. The number of nitrogens with one attached hydrogen (secondary N) is 1. The molecule has 0 atom stereocenters. The maximum atomic E-state index is 13.2. The van der Waals surface area contributed by atoms with Crippen LogP contribution >= 0.6 is 11.8 Å². The first-order chi connectivity index (χ1) is 14.5. The van der Waals surface area contributed by atoms with Crippen molar-refractivity contribution in [2.75, 3.05) is 23.1 Å². The number of furan rings is 1. The van der Waals surface area contributed by atoms with Gasteiger partial charge in [-0.2, -0.15) is 11.8 Å². The van der Waals surface area contributed by atoms with E-state index in [1.165, 1.54) is 0 Å². The zero-order valence-corrected chi connectivity index (χ0v) is 18.3. The molecule has 0 aliphatic heterocycles. The van der Waals surface area contributed by atoms with E-state index >= 15 is 0 Å². The predicted molar refractivity (Wildman–Crippen MR) is 120 cm³/mol. The van der Waals surface area contributed by atoms with Gasteiger partial charge in [-0.1, -0.05) is 35.9 Å². The molecule has 8 heteroatoms. The molecule has 6 nitrogen and oxygen atoms in total. The van der Waals surface area contributed by atoms with Crippen molar-refractivity contribution in [1.29, 1.82) is 0 Å². The number of thioether (sulfide) groups is 1. The number of anilines is 1. The molecule has 1 N–H and O–H groups in total. The summed E-state index contributed by atoms with van der Waals surface area (Å²) in [7, 11) is -3.88. The number of sulfonamides is 1. The van der Waals surface area contributed by atoms with E-state index in [0.29, 0.717) is 18.0 Å². The monoisotopic (exact) mass is 444 g/mol. The number of para-hydroxylation sites is 1. The fourth-order valence-corrected chi connectivity index (χ4v) is 4.94. The zero-order valence-electron chi connectivity index (χ0n) is 16.7. The maximum Gasteiger partial charge on any atom is 0.264 e. The highest BCUT2D eigenvalue weighted by atomic mass is 32.2. The van der Waals surface area contributed by atoms with Crippen molar-refractivity contribution in [3.05, 3.63) is 84.3 Å². The summed E-state index contributed by atoms with van der Waals surface area (Å²) in [6.07, 6.45) is 1.63. The first kappa shape index (κ1) is 22.0. The molecule has 3 aromatic rings. The van der Waals surface area contributed by atoms with E-state index in [0.717, 1.165) is 21.4 Å². The molecule has 0 aliphatic rings. The molecule has 1 heterocycles. The minimum Gasteiger partial charge on any atom is -0.468 e. The van der Waals surface area contributed by atoms with Crippen LogP contribution in [0.15, 0.2) is 82.3 Å². The second-order valence-electron chi connectivity index (χ2n) is 6.64. The molecule has 0 aliphatic carbocycles. The molecule has 0 spiro atoms. The Kier molecular flexibility index (Phi) is 7.59. The number of aryl methyl sites for hydroxylation is 1. The molecule has 1 amide bonds. The van der Waals surface area contributed by atoms with E-state index in [1.54, 1.807) is 72.6 Å². The molecular formula is C22H24N2O4S2. The lowest BCUT2D eigenvalue weighted by Gasteiger charge is -2.24. The Labute approximate surface area is 181 Å². The third kappa shape index (κ3) is 5.90. The summed E-state index contributed by atoms with van der Waals surface area (Å²) < 4.78 is 32.8. The van der Waals surface area contributed by atoms with Crippen LogP contribution in [0.2, 0.25) is 0 Å². The molecular weight excluding hydrogens is 420 g/mol. The van der Waals surface area contributed by atoms with Gasteiger partial charge in [0.1, 0.15) is 12.3 Å². The third-order valence-corrected chi connectivity index (χ3v) is 7.10. The fraction of sp³-hybridized carbons (Fsp3) is 0.227. The number of nitrogens with zero attached hydrogens (tertiary/aromatic N) is 1. The zero-order chi connectivity index (χ0) is 21.4. The molecule has 158 valence electrons. The number of benzene rings is 2.